The number of ketones is 1. The van der Waals surface area contributed by atoms with E-state index in [4.69, 9.17) is 4.74 Å². The first kappa shape index (κ1) is 15.9. The third-order valence-corrected chi connectivity index (χ3v) is 3.49. The fourth-order valence-electron chi connectivity index (χ4n) is 2.36. The van der Waals surface area contributed by atoms with E-state index >= 15 is 0 Å². The van der Waals surface area contributed by atoms with E-state index in [-0.39, 0.29) is 17.5 Å². The Morgan fingerprint density at radius 2 is 1.91 bits per heavy atom. The second-order valence-electron chi connectivity index (χ2n) is 5.04. The van der Waals surface area contributed by atoms with Gasteiger partial charge < -0.3 is 4.74 Å². The van der Waals surface area contributed by atoms with Gasteiger partial charge in [-0.25, -0.2) is 4.39 Å². The van der Waals surface area contributed by atoms with Gasteiger partial charge in [0, 0.05) is 17.0 Å². The van der Waals surface area contributed by atoms with E-state index in [1.165, 1.54) is 31.2 Å². The van der Waals surface area contributed by atoms with Crippen molar-refractivity contribution in [2.45, 2.75) is 26.2 Å². The molecule has 0 spiro atoms. The highest BCUT2D eigenvalue weighted by Crippen LogP contribution is 2.33. The molecule has 0 fully saturated rings. The molecule has 0 aromatic heterocycles. The Morgan fingerprint density at radius 1 is 1.23 bits per heavy atom. The molecule has 0 heterocycles. The molecule has 2 aromatic carbocycles. The Morgan fingerprint density at radius 3 is 2.45 bits per heavy atom. The minimum Gasteiger partial charge on any atom is -0.457 e. The summed E-state index contributed by atoms with van der Waals surface area (Å²) in [6.45, 7) is 3.42. The largest absolute Gasteiger partial charge is 0.457 e. The molecule has 114 valence electrons. The highest BCUT2D eigenvalue weighted by atomic mass is 19.1. The van der Waals surface area contributed by atoms with Gasteiger partial charge in [0.1, 0.15) is 29.4 Å². The Bertz CT molecular complexity index is 677. The van der Waals surface area contributed by atoms with E-state index in [9.17, 15) is 14.0 Å². The van der Waals surface area contributed by atoms with Crippen molar-refractivity contribution in [1.29, 1.82) is 0 Å². The standard InChI is InChI=1S/C18H17FO3/c1-3-16(12(2)21)17-10-13(11-20)4-9-18(17)22-15-7-5-14(19)6-8-15/h4-11,16H,3H2,1-2H3. The number of Topliss-reactive ketones (excluding diaryl/α,β-unsaturated/α-hetero) is 1. The highest BCUT2D eigenvalue weighted by Gasteiger charge is 2.20. The molecular formula is C18H17FO3. The predicted molar refractivity (Wildman–Crippen MR) is 82.0 cm³/mol. The number of hydrogen-bond acceptors (Lipinski definition) is 3. The fraction of sp³-hybridized carbons (Fsp3) is 0.222. The lowest BCUT2D eigenvalue weighted by Gasteiger charge is -2.17. The van der Waals surface area contributed by atoms with Crippen LogP contribution in [0.25, 0.3) is 0 Å². The summed E-state index contributed by atoms with van der Waals surface area (Å²) in [4.78, 5) is 22.8. The summed E-state index contributed by atoms with van der Waals surface area (Å²) in [7, 11) is 0. The summed E-state index contributed by atoms with van der Waals surface area (Å²) in [5, 5.41) is 0. The number of halogens is 1. The molecule has 0 bridgehead atoms. The lowest BCUT2D eigenvalue weighted by atomic mass is 9.91. The third-order valence-electron chi connectivity index (χ3n) is 3.49. The monoisotopic (exact) mass is 300 g/mol. The minimum atomic E-state index is -0.348. The Balaban J connectivity index is 2.43. The average molecular weight is 300 g/mol. The Hall–Kier alpha value is -2.49. The van der Waals surface area contributed by atoms with Gasteiger partial charge in [-0.1, -0.05) is 6.92 Å². The highest BCUT2D eigenvalue weighted by molar-refractivity contribution is 5.85. The van der Waals surface area contributed by atoms with Crippen LogP contribution in [0.5, 0.6) is 11.5 Å². The van der Waals surface area contributed by atoms with Crippen molar-refractivity contribution >= 4 is 12.1 Å². The molecule has 0 saturated carbocycles. The van der Waals surface area contributed by atoms with Gasteiger partial charge in [0.2, 0.25) is 0 Å². The molecule has 1 atom stereocenters. The molecule has 0 aliphatic carbocycles. The van der Waals surface area contributed by atoms with Gasteiger partial charge in [-0.2, -0.15) is 0 Å². The van der Waals surface area contributed by atoms with E-state index in [0.29, 0.717) is 29.0 Å². The zero-order chi connectivity index (χ0) is 16.1. The molecule has 4 heteroatoms. The van der Waals surface area contributed by atoms with E-state index in [1.807, 2.05) is 6.92 Å². The normalized spacial score (nSPS) is 11.8. The Labute approximate surface area is 128 Å². The van der Waals surface area contributed by atoms with E-state index in [1.54, 1.807) is 18.2 Å². The van der Waals surface area contributed by atoms with Crippen molar-refractivity contribution in [2.24, 2.45) is 0 Å². The number of carbonyl (C=O) groups is 2. The molecule has 0 amide bonds. The first-order valence-corrected chi connectivity index (χ1v) is 7.08. The zero-order valence-electron chi connectivity index (χ0n) is 12.5. The maximum atomic E-state index is 13.0. The molecule has 0 radical (unpaired) electrons. The van der Waals surface area contributed by atoms with E-state index in [0.717, 1.165) is 6.29 Å². The van der Waals surface area contributed by atoms with Crippen LogP contribution in [0.15, 0.2) is 42.5 Å². The number of aldehydes is 1. The second kappa shape index (κ2) is 6.98. The quantitative estimate of drug-likeness (QED) is 0.737. The van der Waals surface area contributed by atoms with Crippen LogP contribution in [0, 0.1) is 5.82 Å². The molecule has 22 heavy (non-hydrogen) atoms. The van der Waals surface area contributed by atoms with Gasteiger partial charge in [-0.15, -0.1) is 0 Å². The summed E-state index contributed by atoms with van der Waals surface area (Å²) in [6.07, 6.45) is 1.34. The number of rotatable bonds is 6. The summed E-state index contributed by atoms with van der Waals surface area (Å²) >= 11 is 0. The second-order valence-corrected chi connectivity index (χ2v) is 5.04. The summed E-state index contributed by atoms with van der Waals surface area (Å²) in [5.74, 6) is 0.295. The predicted octanol–water partition coefficient (Wildman–Crippen LogP) is 4.51. The smallest absolute Gasteiger partial charge is 0.150 e. The van der Waals surface area contributed by atoms with Gasteiger partial charge in [-0.3, -0.25) is 9.59 Å². The van der Waals surface area contributed by atoms with Crippen molar-refractivity contribution in [1.82, 2.24) is 0 Å². The first-order valence-electron chi connectivity index (χ1n) is 7.08. The number of benzene rings is 2. The van der Waals surface area contributed by atoms with Crippen molar-refractivity contribution in [3.63, 3.8) is 0 Å². The molecule has 0 N–H and O–H groups in total. The van der Waals surface area contributed by atoms with Crippen molar-refractivity contribution in [3.8, 4) is 11.5 Å². The molecule has 2 rings (SSSR count). The van der Waals surface area contributed by atoms with E-state index in [2.05, 4.69) is 0 Å². The Kier molecular flexibility index (Phi) is 5.04. The summed E-state index contributed by atoms with van der Waals surface area (Å²) in [6, 6.07) is 10.6. The molecule has 0 saturated heterocycles. The van der Waals surface area contributed by atoms with Crippen LogP contribution >= 0.6 is 0 Å². The van der Waals surface area contributed by atoms with Gasteiger partial charge >= 0.3 is 0 Å². The molecule has 3 nitrogen and oxygen atoms in total. The summed E-state index contributed by atoms with van der Waals surface area (Å²) < 4.78 is 18.7. The average Bonchev–Trinajstić information content (AvgIpc) is 2.51. The molecule has 1 unspecified atom stereocenters. The lowest BCUT2D eigenvalue weighted by Crippen LogP contribution is -2.09. The van der Waals surface area contributed by atoms with Crippen molar-refractivity contribution in [3.05, 3.63) is 59.4 Å². The van der Waals surface area contributed by atoms with Crippen LogP contribution in [-0.4, -0.2) is 12.1 Å². The SMILES string of the molecule is CCC(C(C)=O)c1cc(C=O)ccc1Oc1ccc(F)cc1. The van der Waals surface area contributed by atoms with Crippen LogP contribution in [0.2, 0.25) is 0 Å². The number of ether oxygens (including phenoxy) is 1. The first-order chi connectivity index (χ1) is 10.5. The fourth-order valence-corrected chi connectivity index (χ4v) is 2.36. The van der Waals surface area contributed by atoms with Crippen molar-refractivity contribution < 1.29 is 18.7 Å². The maximum Gasteiger partial charge on any atom is 0.150 e. The number of hydrogen-bond donors (Lipinski definition) is 0. The van der Waals surface area contributed by atoms with Crippen LogP contribution in [0.1, 0.15) is 42.1 Å². The topological polar surface area (TPSA) is 43.4 Å². The van der Waals surface area contributed by atoms with Gasteiger partial charge in [0.05, 0.1) is 0 Å². The van der Waals surface area contributed by atoms with Gasteiger partial charge in [0.15, 0.2) is 0 Å². The van der Waals surface area contributed by atoms with Gasteiger partial charge in [-0.05, 0) is 55.8 Å². The van der Waals surface area contributed by atoms with Gasteiger partial charge in [0.25, 0.3) is 0 Å². The van der Waals surface area contributed by atoms with E-state index < -0.39 is 0 Å². The van der Waals surface area contributed by atoms with Crippen LogP contribution < -0.4 is 4.74 Å². The molecular weight excluding hydrogens is 283 g/mol. The summed E-state index contributed by atoms with van der Waals surface area (Å²) in [5.41, 5.74) is 1.16. The lowest BCUT2D eigenvalue weighted by molar-refractivity contribution is -0.118. The maximum absolute atomic E-state index is 13.0. The zero-order valence-corrected chi connectivity index (χ0v) is 12.5. The number of carbonyl (C=O) groups excluding carboxylic acids is 2. The third kappa shape index (κ3) is 3.58. The minimum absolute atomic E-state index is 0.00880. The van der Waals surface area contributed by atoms with Crippen LogP contribution in [0.3, 0.4) is 0 Å². The molecule has 2 aromatic rings. The van der Waals surface area contributed by atoms with Crippen LogP contribution in [0.4, 0.5) is 4.39 Å². The molecule has 0 aliphatic rings. The van der Waals surface area contributed by atoms with Crippen molar-refractivity contribution in [2.75, 3.05) is 0 Å². The van der Waals surface area contributed by atoms with Crippen LogP contribution in [-0.2, 0) is 4.79 Å². The molecule has 0 aliphatic heterocycles.